The summed E-state index contributed by atoms with van der Waals surface area (Å²) in [5, 5.41) is 0.561. The zero-order valence-corrected chi connectivity index (χ0v) is 11.7. The summed E-state index contributed by atoms with van der Waals surface area (Å²) in [5.41, 5.74) is 3.09. The fourth-order valence-electron chi connectivity index (χ4n) is 2.43. The number of hydrogen-bond donors (Lipinski definition) is 1. The van der Waals surface area contributed by atoms with E-state index in [1.807, 2.05) is 23.1 Å². The molecule has 0 bridgehead atoms. The van der Waals surface area contributed by atoms with Crippen LogP contribution in [0, 0.1) is 0 Å². The van der Waals surface area contributed by atoms with E-state index >= 15 is 0 Å². The average Bonchev–Trinajstić information content (AvgIpc) is 2.94. The Morgan fingerprint density at radius 2 is 2.05 bits per heavy atom. The highest BCUT2D eigenvalue weighted by molar-refractivity contribution is 6.30. The molecule has 2 aromatic rings. The van der Waals surface area contributed by atoms with Gasteiger partial charge in [0.15, 0.2) is 0 Å². The van der Waals surface area contributed by atoms with E-state index in [2.05, 4.69) is 23.2 Å². The Morgan fingerprint density at radius 3 is 2.65 bits per heavy atom. The number of carbonyl (C=O) groups excluding carboxylic acids is 1. The second-order valence-corrected chi connectivity index (χ2v) is 5.26. The number of benzene rings is 1. The smallest absolute Gasteiger partial charge is 0.270 e. The van der Waals surface area contributed by atoms with Gasteiger partial charge in [0.05, 0.1) is 5.02 Å². The molecule has 3 rings (SSSR count). The lowest BCUT2D eigenvalue weighted by atomic mass is 9.99. The number of rotatable bonds is 2. The van der Waals surface area contributed by atoms with E-state index in [1.54, 1.807) is 12.3 Å². The van der Waals surface area contributed by atoms with Crippen molar-refractivity contribution in [2.24, 2.45) is 0 Å². The fourth-order valence-corrected chi connectivity index (χ4v) is 2.59. The Kier molecular flexibility index (Phi) is 3.61. The lowest BCUT2D eigenvalue weighted by molar-refractivity contribution is 0.0767. The molecule has 0 atom stereocenters. The summed E-state index contributed by atoms with van der Waals surface area (Å²) >= 11 is 5.83. The minimum absolute atomic E-state index is 0.000242. The minimum Gasteiger partial charge on any atom is -0.356 e. The molecule has 3 nitrogen and oxygen atoms in total. The summed E-state index contributed by atoms with van der Waals surface area (Å²) < 4.78 is 0. The van der Waals surface area contributed by atoms with Crippen LogP contribution < -0.4 is 0 Å². The maximum absolute atomic E-state index is 12.3. The van der Waals surface area contributed by atoms with Gasteiger partial charge in [-0.2, -0.15) is 0 Å². The first kappa shape index (κ1) is 13.0. The van der Waals surface area contributed by atoms with Crippen molar-refractivity contribution in [2.75, 3.05) is 13.1 Å². The van der Waals surface area contributed by atoms with Gasteiger partial charge in [0.1, 0.15) is 5.69 Å². The molecule has 1 aromatic carbocycles. The minimum atomic E-state index is 0.000242. The van der Waals surface area contributed by atoms with Crippen LogP contribution in [0.15, 0.2) is 48.7 Å². The third-order valence-electron chi connectivity index (χ3n) is 3.52. The summed E-state index contributed by atoms with van der Waals surface area (Å²) in [6.45, 7) is 1.37. The van der Waals surface area contributed by atoms with Crippen LogP contribution in [0.4, 0.5) is 0 Å². The maximum Gasteiger partial charge on any atom is 0.270 e. The van der Waals surface area contributed by atoms with E-state index < -0.39 is 0 Å². The van der Waals surface area contributed by atoms with Gasteiger partial charge in [-0.05, 0) is 23.6 Å². The predicted molar refractivity (Wildman–Crippen MR) is 80.7 cm³/mol. The van der Waals surface area contributed by atoms with Crippen LogP contribution >= 0.6 is 11.6 Å². The largest absolute Gasteiger partial charge is 0.356 e. The highest BCUT2D eigenvalue weighted by Gasteiger charge is 2.20. The van der Waals surface area contributed by atoms with Crippen molar-refractivity contribution >= 4 is 23.1 Å². The van der Waals surface area contributed by atoms with Crippen LogP contribution in [0.1, 0.15) is 22.5 Å². The monoisotopic (exact) mass is 286 g/mol. The number of halogens is 1. The molecule has 1 aliphatic heterocycles. The molecular weight excluding hydrogens is 272 g/mol. The van der Waals surface area contributed by atoms with Crippen molar-refractivity contribution in [1.82, 2.24) is 9.88 Å². The van der Waals surface area contributed by atoms with Crippen LogP contribution in [-0.2, 0) is 0 Å². The average molecular weight is 287 g/mol. The molecule has 1 aliphatic rings. The molecular formula is C16H15ClN2O. The molecule has 0 radical (unpaired) electrons. The fraction of sp³-hybridized carbons (Fsp3) is 0.188. The van der Waals surface area contributed by atoms with Crippen LogP contribution in [0.5, 0.6) is 0 Å². The number of nitrogens with zero attached hydrogens (tertiary/aromatic N) is 1. The molecule has 1 aromatic heterocycles. The third kappa shape index (κ3) is 2.63. The Morgan fingerprint density at radius 1 is 1.25 bits per heavy atom. The van der Waals surface area contributed by atoms with Crippen LogP contribution in [0.3, 0.4) is 0 Å². The molecule has 4 heteroatoms. The van der Waals surface area contributed by atoms with Gasteiger partial charge in [0.2, 0.25) is 0 Å². The van der Waals surface area contributed by atoms with Crippen LogP contribution in [0.25, 0.3) is 5.57 Å². The standard InChI is InChI=1S/C16H15ClN2O/c17-14-10-15(18-11-14)16(20)19-8-6-13(7-9-19)12-4-2-1-3-5-12/h1-6,10-11,18H,7-9H2. The molecule has 20 heavy (non-hydrogen) atoms. The van der Waals surface area contributed by atoms with Gasteiger partial charge in [-0.25, -0.2) is 0 Å². The summed E-state index contributed by atoms with van der Waals surface area (Å²) in [5.74, 6) is 0.000242. The second-order valence-electron chi connectivity index (χ2n) is 4.83. The van der Waals surface area contributed by atoms with Crippen molar-refractivity contribution < 1.29 is 4.79 Å². The highest BCUT2D eigenvalue weighted by atomic mass is 35.5. The van der Waals surface area contributed by atoms with Crippen molar-refractivity contribution in [2.45, 2.75) is 6.42 Å². The van der Waals surface area contributed by atoms with Crippen molar-refractivity contribution in [3.8, 4) is 0 Å². The molecule has 2 heterocycles. The highest BCUT2D eigenvalue weighted by Crippen LogP contribution is 2.23. The Balaban J connectivity index is 1.72. The van der Waals surface area contributed by atoms with E-state index in [1.165, 1.54) is 11.1 Å². The summed E-state index contributed by atoms with van der Waals surface area (Å²) in [7, 11) is 0. The van der Waals surface area contributed by atoms with E-state index in [-0.39, 0.29) is 5.91 Å². The molecule has 102 valence electrons. The molecule has 0 fully saturated rings. The topological polar surface area (TPSA) is 36.1 Å². The van der Waals surface area contributed by atoms with Gasteiger partial charge in [-0.3, -0.25) is 4.79 Å². The van der Waals surface area contributed by atoms with Gasteiger partial charge in [-0.15, -0.1) is 0 Å². The summed E-state index contributed by atoms with van der Waals surface area (Å²) in [6.07, 6.45) is 4.63. The summed E-state index contributed by atoms with van der Waals surface area (Å²) in [4.78, 5) is 17.0. The molecule has 0 saturated heterocycles. The predicted octanol–water partition coefficient (Wildman–Crippen LogP) is 3.60. The first-order valence-corrected chi connectivity index (χ1v) is 6.99. The van der Waals surface area contributed by atoms with Gasteiger partial charge in [0.25, 0.3) is 5.91 Å². The number of hydrogen-bond acceptors (Lipinski definition) is 1. The van der Waals surface area contributed by atoms with E-state index in [0.717, 1.165) is 13.0 Å². The Labute approximate surface area is 122 Å². The molecule has 1 amide bonds. The second kappa shape index (κ2) is 5.55. The first-order chi connectivity index (χ1) is 9.74. The van der Waals surface area contributed by atoms with Crippen LogP contribution in [0.2, 0.25) is 5.02 Å². The molecule has 0 unspecified atom stereocenters. The molecule has 0 saturated carbocycles. The van der Waals surface area contributed by atoms with E-state index in [0.29, 0.717) is 17.3 Å². The lowest BCUT2D eigenvalue weighted by Crippen LogP contribution is -2.34. The number of H-pyrrole nitrogens is 1. The van der Waals surface area contributed by atoms with E-state index in [9.17, 15) is 4.79 Å². The number of nitrogens with one attached hydrogen (secondary N) is 1. The Hall–Kier alpha value is -2.00. The van der Waals surface area contributed by atoms with E-state index in [4.69, 9.17) is 11.6 Å². The molecule has 0 spiro atoms. The molecule has 0 aliphatic carbocycles. The zero-order chi connectivity index (χ0) is 13.9. The Bertz CT molecular complexity index is 646. The zero-order valence-electron chi connectivity index (χ0n) is 11.0. The SMILES string of the molecule is O=C(c1cc(Cl)c[nH]1)N1CC=C(c2ccccc2)CC1. The number of amides is 1. The summed E-state index contributed by atoms with van der Waals surface area (Å²) in [6, 6.07) is 12.0. The van der Waals surface area contributed by atoms with Crippen molar-refractivity contribution in [3.63, 3.8) is 0 Å². The van der Waals surface area contributed by atoms with Crippen LogP contribution in [-0.4, -0.2) is 28.9 Å². The normalized spacial score (nSPS) is 15.1. The van der Waals surface area contributed by atoms with Gasteiger partial charge in [0, 0.05) is 19.3 Å². The number of aromatic amines is 1. The lowest BCUT2D eigenvalue weighted by Gasteiger charge is -2.26. The maximum atomic E-state index is 12.3. The number of aromatic nitrogens is 1. The van der Waals surface area contributed by atoms with Crippen molar-refractivity contribution in [1.29, 1.82) is 0 Å². The van der Waals surface area contributed by atoms with Crippen molar-refractivity contribution in [3.05, 3.63) is 65.0 Å². The quantitative estimate of drug-likeness (QED) is 0.900. The first-order valence-electron chi connectivity index (χ1n) is 6.62. The van der Waals surface area contributed by atoms with Gasteiger partial charge >= 0.3 is 0 Å². The van der Waals surface area contributed by atoms with Gasteiger partial charge in [-0.1, -0.05) is 48.0 Å². The third-order valence-corrected chi connectivity index (χ3v) is 3.74. The molecule has 1 N–H and O–H groups in total. The van der Waals surface area contributed by atoms with Gasteiger partial charge < -0.3 is 9.88 Å². The number of carbonyl (C=O) groups is 1.